The van der Waals surface area contributed by atoms with Crippen molar-refractivity contribution in [1.82, 2.24) is 5.32 Å². The number of anilines is 1. The molecule has 5 heteroatoms. The normalized spacial score (nSPS) is 11.5. The lowest BCUT2D eigenvalue weighted by atomic mass is 10.2. The molecule has 0 bridgehead atoms. The molecule has 0 saturated heterocycles. The maximum absolute atomic E-state index is 12.4. The molecule has 0 heterocycles. The maximum Gasteiger partial charge on any atom is 0.416 e. The Labute approximate surface area is 92.9 Å². The first-order valence-corrected chi connectivity index (χ1v) is 5.16. The van der Waals surface area contributed by atoms with Crippen molar-refractivity contribution in [3.05, 3.63) is 29.8 Å². The van der Waals surface area contributed by atoms with Crippen LogP contribution >= 0.6 is 0 Å². The molecular formula is C11H15F3N2. The minimum absolute atomic E-state index is 0.493. The molecule has 0 aliphatic heterocycles. The largest absolute Gasteiger partial charge is 0.416 e. The van der Waals surface area contributed by atoms with Gasteiger partial charge in [0.25, 0.3) is 0 Å². The van der Waals surface area contributed by atoms with E-state index in [1.807, 2.05) is 6.92 Å². The van der Waals surface area contributed by atoms with E-state index in [0.29, 0.717) is 12.2 Å². The van der Waals surface area contributed by atoms with Gasteiger partial charge in [-0.1, -0.05) is 13.0 Å². The van der Waals surface area contributed by atoms with E-state index in [1.54, 1.807) is 6.07 Å². The summed E-state index contributed by atoms with van der Waals surface area (Å²) in [6.45, 7) is 4.16. The Morgan fingerprint density at radius 2 is 1.94 bits per heavy atom. The Morgan fingerprint density at radius 1 is 1.19 bits per heavy atom. The Hall–Kier alpha value is -1.23. The number of rotatable bonds is 5. The lowest BCUT2D eigenvalue weighted by Gasteiger charge is -2.10. The smallest absolute Gasteiger partial charge is 0.384 e. The summed E-state index contributed by atoms with van der Waals surface area (Å²) in [6, 6.07) is 5.21. The summed E-state index contributed by atoms with van der Waals surface area (Å²) in [7, 11) is 0. The number of likely N-dealkylation sites (N-methyl/N-ethyl adjacent to an activating group) is 1. The van der Waals surface area contributed by atoms with Gasteiger partial charge in [0, 0.05) is 18.8 Å². The minimum atomic E-state index is -4.28. The molecule has 0 fully saturated rings. The van der Waals surface area contributed by atoms with E-state index in [1.165, 1.54) is 6.07 Å². The van der Waals surface area contributed by atoms with Gasteiger partial charge in [0.2, 0.25) is 0 Å². The third-order valence-corrected chi connectivity index (χ3v) is 2.07. The number of halogens is 3. The summed E-state index contributed by atoms with van der Waals surface area (Å²) in [6.07, 6.45) is -4.28. The predicted octanol–water partition coefficient (Wildman–Crippen LogP) is 2.73. The maximum atomic E-state index is 12.4. The molecule has 1 rings (SSSR count). The van der Waals surface area contributed by atoms with E-state index in [-0.39, 0.29) is 0 Å². The highest BCUT2D eigenvalue weighted by atomic mass is 19.4. The van der Waals surface area contributed by atoms with Crippen LogP contribution in [0, 0.1) is 0 Å². The lowest BCUT2D eigenvalue weighted by Crippen LogP contribution is -2.21. The van der Waals surface area contributed by atoms with E-state index in [2.05, 4.69) is 10.6 Å². The SMILES string of the molecule is CCNCCNc1cccc(C(F)(F)F)c1. The molecule has 90 valence electrons. The van der Waals surface area contributed by atoms with Gasteiger partial charge in [0.1, 0.15) is 0 Å². The highest BCUT2D eigenvalue weighted by molar-refractivity contribution is 5.46. The van der Waals surface area contributed by atoms with E-state index < -0.39 is 11.7 Å². The van der Waals surface area contributed by atoms with Crippen molar-refractivity contribution >= 4 is 5.69 Å². The first-order valence-electron chi connectivity index (χ1n) is 5.16. The fourth-order valence-corrected chi connectivity index (χ4v) is 1.28. The van der Waals surface area contributed by atoms with E-state index in [4.69, 9.17) is 0 Å². The second kappa shape index (κ2) is 5.75. The molecule has 0 aliphatic carbocycles. The van der Waals surface area contributed by atoms with Crippen molar-refractivity contribution in [2.45, 2.75) is 13.1 Å². The predicted molar refractivity (Wildman–Crippen MR) is 58.5 cm³/mol. The first-order chi connectivity index (χ1) is 7.54. The average Bonchev–Trinajstić information content (AvgIpc) is 2.24. The fourth-order valence-electron chi connectivity index (χ4n) is 1.28. The summed E-state index contributed by atoms with van der Waals surface area (Å²) >= 11 is 0. The minimum Gasteiger partial charge on any atom is -0.384 e. The zero-order chi connectivity index (χ0) is 12.0. The number of nitrogens with one attached hydrogen (secondary N) is 2. The van der Waals surface area contributed by atoms with Crippen LogP contribution in [-0.2, 0) is 6.18 Å². The standard InChI is InChI=1S/C11H15F3N2/c1-2-15-6-7-16-10-5-3-4-9(8-10)11(12,13)14/h3-5,8,15-16H,2,6-7H2,1H3. The van der Waals surface area contributed by atoms with E-state index >= 15 is 0 Å². The topological polar surface area (TPSA) is 24.1 Å². The van der Waals surface area contributed by atoms with Gasteiger partial charge in [-0.2, -0.15) is 13.2 Å². The Morgan fingerprint density at radius 3 is 2.56 bits per heavy atom. The van der Waals surface area contributed by atoms with Gasteiger partial charge < -0.3 is 10.6 Å². The summed E-state index contributed by atoms with van der Waals surface area (Å²) in [4.78, 5) is 0. The molecule has 0 aromatic heterocycles. The van der Waals surface area contributed by atoms with Crippen molar-refractivity contribution in [3.63, 3.8) is 0 Å². The quantitative estimate of drug-likeness (QED) is 0.763. The first kappa shape index (κ1) is 12.8. The second-order valence-electron chi connectivity index (χ2n) is 3.36. The Kier molecular flexibility index (Phi) is 4.61. The Bertz CT molecular complexity index is 323. The van der Waals surface area contributed by atoms with Crippen LogP contribution in [0.5, 0.6) is 0 Å². The fraction of sp³-hybridized carbons (Fsp3) is 0.455. The summed E-state index contributed by atoms with van der Waals surface area (Å²) in [5, 5.41) is 6.01. The van der Waals surface area contributed by atoms with Crippen molar-refractivity contribution in [3.8, 4) is 0 Å². The summed E-state index contributed by atoms with van der Waals surface area (Å²) < 4.78 is 37.1. The molecular weight excluding hydrogens is 217 g/mol. The van der Waals surface area contributed by atoms with Crippen LogP contribution in [0.1, 0.15) is 12.5 Å². The highest BCUT2D eigenvalue weighted by Gasteiger charge is 2.30. The van der Waals surface area contributed by atoms with Crippen molar-refractivity contribution in [2.24, 2.45) is 0 Å². The lowest BCUT2D eigenvalue weighted by molar-refractivity contribution is -0.137. The van der Waals surface area contributed by atoms with Gasteiger partial charge in [-0.25, -0.2) is 0 Å². The van der Waals surface area contributed by atoms with Gasteiger partial charge in [0.05, 0.1) is 5.56 Å². The zero-order valence-corrected chi connectivity index (χ0v) is 9.06. The van der Waals surface area contributed by atoms with Gasteiger partial charge in [-0.15, -0.1) is 0 Å². The van der Waals surface area contributed by atoms with Crippen LogP contribution in [0.2, 0.25) is 0 Å². The molecule has 2 nitrogen and oxygen atoms in total. The Balaban J connectivity index is 2.54. The molecule has 2 N–H and O–H groups in total. The average molecular weight is 232 g/mol. The second-order valence-corrected chi connectivity index (χ2v) is 3.36. The van der Waals surface area contributed by atoms with Gasteiger partial charge in [-0.3, -0.25) is 0 Å². The number of alkyl halides is 3. The van der Waals surface area contributed by atoms with E-state index in [9.17, 15) is 13.2 Å². The number of hydrogen-bond donors (Lipinski definition) is 2. The summed E-state index contributed by atoms with van der Waals surface area (Å²) in [5.74, 6) is 0. The molecule has 0 atom stereocenters. The molecule has 16 heavy (non-hydrogen) atoms. The third kappa shape index (κ3) is 4.10. The number of hydrogen-bond acceptors (Lipinski definition) is 2. The zero-order valence-electron chi connectivity index (χ0n) is 9.06. The van der Waals surface area contributed by atoms with Crippen LogP contribution in [0.3, 0.4) is 0 Å². The van der Waals surface area contributed by atoms with Crippen LogP contribution < -0.4 is 10.6 Å². The third-order valence-electron chi connectivity index (χ3n) is 2.07. The molecule has 0 radical (unpaired) electrons. The monoisotopic (exact) mass is 232 g/mol. The van der Waals surface area contributed by atoms with E-state index in [0.717, 1.165) is 25.2 Å². The van der Waals surface area contributed by atoms with Crippen LogP contribution in [-0.4, -0.2) is 19.6 Å². The highest BCUT2D eigenvalue weighted by Crippen LogP contribution is 2.30. The van der Waals surface area contributed by atoms with Crippen LogP contribution in [0.15, 0.2) is 24.3 Å². The van der Waals surface area contributed by atoms with Crippen LogP contribution in [0.25, 0.3) is 0 Å². The molecule has 1 aromatic carbocycles. The molecule has 0 amide bonds. The number of benzene rings is 1. The van der Waals surface area contributed by atoms with Gasteiger partial charge >= 0.3 is 6.18 Å². The van der Waals surface area contributed by atoms with Gasteiger partial charge in [0.15, 0.2) is 0 Å². The van der Waals surface area contributed by atoms with Crippen molar-refractivity contribution in [2.75, 3.05) is 25.0 Å². The molecule has 0 aliphatic rings. The van der Waals surface area contributed by atoms with Gasteiger partial charge in [-0.05, 0) is 24.7 Å². The summed E-state index contributed by atoms with van der Waals surface area (Å²) in [5.41, 5.74) is -0.131. The molecule has 0 unspecified atom stereocenters. The van der Waals surface area contributed by atoms with Crippen LogP contribution in [0.4, 0.5) is 18.9 Å². The molecule has 1 aromatic rings. The molecule has 0 saturated carbocycles. The van der Waals surface area contributed by atoms with Crippen molar-refractivity contribution in [1.29, 1.82) is 0 Å². The van der Waals surface area contributed by atoms with Crippen molar-refractivity contribution < 1.29 is 13.2 Å². The molecule has 0 spiro atoms.